The topological polar surface area (TPSA) is 69.3 Å². The van der Waals surface area contributed by atoms with Crippen LogP contribution >= 0.6 is 0 Å². The van der Waals surface area contributed by atoms with Gasteiger partial charge in [-0.1, -0.05) is 18.2 Å². The molecule has 0 radical (unpaired) electrons. The highest BCUT2D eigenvalue weighted by Crippen LogP contribution is 2.40. The predicted octanol–water partition coefficient (Wildman–Crippen LogP) is 4.15. The molecule has 190 valence electrons. The van der Waals surface area contributed by atoms with Crippen LogP contribution in [-0.2, 0) is 20.9 Å². The Morgan fingerprint density at radius 1 is 1.14 bits per heavy atom. The zero-order valence-corrected chi connectivity index (χ0v) is 21.1. The van der Waals surface area contributed by atoms with Gasteiger partial charge in [-0.25, -0.2) is 0 Å². The number of benzene rings is 2. The van der Waals surface area contributed by atoms with E-state index < -0.39 is 0 Å². The number of amides is 1. The van der Waals surface area contributed by atoms with Gasteiger partial charge in [-0.3, -0.25) is 4.79 Å². The van der Waals surface area contributed by atoms with Crippen molar-refractivity contribution in [3.8, 4) is 11.5 Å². The Morgan fingerprint density at radius 3 is 2.71 bits per heavy atom. The average molecular weight is 483 g/mol. The van der Waals surface area contributed by atoms with Gasteiger partial charge in [0.25, 0.3) is 0 Å². The summed E-state index contributed by atoms with van der Waals surface area (Å²) in [5.74, 6) is 2.04. The van der Waals surface area contributed by atoms with Crippen molar-refractivity contribution in [2.24, 2.45) is 5.92 Å². The number of nitrogens with zero attached hydrogens (tertiary/aromatic N) is 1. The molecule has 0 spiro atoms. The van der Waals surface area contributed by atoms with Crippen molar-refractivity contribution in [2.75, 3.05) is 52.5 Å². The number of carbonyl (C=O) groups excluding carboxylic acids is 1. The summed E-state index contributed by atoms with van der Waals surface area (Å²) >= 11 is 0. The standard InChI is InChI=1S/C28H38N2O5/c1-29-28(31)22-8-12-26(24(18-22)21-6-9-23(33-3)10-7-21)35-19-20-5-11-27-25(17-20)30(14-16-34-27)13-4-15-32-2/h5-7,9-11,17,22,24,26H,4,8,12-16,18-19H2,1-3H3,(H,29,31)/t22-,24-,26+/m1/s1. The Labute approximate surface area is 208 Å². The number of hydrogen-bond acceptors (Lipinski definition) is 6. The molecule has 0 unspecified atom stereocenters. The molecule has 35 heavy (non-hydrogen) atoms. The number of ether oxygens (including phenoxy) is 4. The molecule has 0 saturated heterocycles. The van der Waals surface area contributed by atoms with Gasteiger partial charge in [-0.15, -0.1) is 0 Å². The number of anilines is 1. The van der Waals surface area contributed by atoms with Gasteiger partial charge in [-0.05, 0) is 61.1 Å². The fraction of sp³-hybridized carbons (Fsp3) is 0.536. The molecule has 1 fully saturated rings. The average Bonchev–Trinajstić information content (AvgIpc) is 2.91. The first-order chi connectivity index (χ1) is 17.1. The molecule has 2 aliphatic rings. The van der Waals surface area contributed by atoms with Crippen LogP contribution in [0, 0.1) is 5.92 Å². The van der Waals surface area contributed by atoms with Gasteiger partial charge in [0, 0.05) is 39.1 Å². The van der Waals surface area contributed by atoms with Crippen molar-refractivity contribution in [1.82, 2.24) is 5.32 Å². The maximum atomic E-state index is 12.4. The van der Waals surface area contributed by atoms with Gasteiger partial charge in [0.2, 0.25) is 5.91 Å². The molecule has 1 amide bonds. The third kappa shape index (κ3) is 6.27. The van der Waals surface area contributed by atoms with E-state index in [0.717, 1.165) is 68.1 Å². The van der Waals surface area contributed by atoms with Crippen LogP contribution in [0.25, 0.3) is 0 Å². The van der Waals surface area contributed by atoms with Gasteiger partial charge in [0.05, 0.1) is 32.1 Å². The minimum absolute atomic E-state index is 0.00787. The summed E-state index contributed by atoms with van der Waals surface area (Å²) in [6, 6.07) is 14.5. The highest BCUT2D eigenvalue weighted by atomic mass is 16.5. The lowest BCUT2D eigenvalue weighted by molar-refractivity contribution is -0.127. The molecule has 1 aliphatic heterocycles. The van der Waals surface area contributed by atoms with Gasteiger partial charge in [-0.2, -0.15) is 0 Å². The number of rotatable bonds is 10. The molecule has 3 atom stereocenters. The third-order valence-corrected chi connectivity index (χ3v) is 7.17. The molecule has 7 nitrogen and oxygen atoms in total. The molecule has 2 aromatic carbocycles. The molecule has 1 saturated carbocycles. The van der Waals surface area contributed by atoms with Gasteiger partial charge in [0.1, 0.15) is 18.1 Å². The first-order valence-electron chi connectivity index (χ1n) is 12.6. The molecule has 0 aromatic heterocycles. The molecule has 2 aromatic rings. The Morgan fingerprint density at radius 2 is 1.97 bits per heavy atom. The summed E-state index contributed by atoms with van der Waals surface area (Å²) in [5, 5.41) is 2.82. The van der Waals surface area contributed by atoms with Crippen molar-refractivity contribution in [3.05, 3.63) is 53.6 Å². The van der Waals surface area contributed by atoms with Crippen LogP contribution in [0.4, 0.5) is 5.69 Å². The van der Waals surface area contributed by atoms with Gasteiger partial charge >= 0.3 is 0 Å². The van der Waals surface area contributed by atoms with E-state index in [1.807, 2.05) is 12.1 Å². The lowest BCUT2D eigenvalue weighted by atomic mass is 9.75. The highest BCUT2D eigenvalue weighted by molar-refractivity contribution is 5.78. The Bertz CT molecular complexity index is 964. The molecular weight excluding hydrogens is 444 g/mol. The molecular formula is C28H38N2O5. The maximum absolute atomic E-state index is 12.4. The quantitative estimate of drug-likeness (QED) is 0.513. The maximum Gasteiger partial charge on any atom is 0.222 e. The summed E-state index contributed by atoms with van der Waals surface area (Å²) in [4.78, 5) is 14.8. The Hall–Kier alpha value is -2.77. The van der Waals surface area contributed by atoms with E-state index in [4.69, 9.17) is 18.9 Å². The van der Waals surface area contributed by atoms with Crippen LogP contribution in [0.2, 0.25) is 0 Å². The fourth-order valence-electron chi connectivity index (χ4n) is 5.23. The van der Waals surface area contributed by atoms with E-state index >= 15 is 0 Å². The van der Waals surface area contributed by atoms with Crippen molar-refractivity contribution < 1.29 is 23.7 Å². The predicted molar refractivity (Wildman–Crippen MR) is 136 cm³/mol. The monoisotopic (exact) mass is 482 g/mol. The summed E-state index contributed by atoms with van der Waals surface area (Å²) in [6.45, 7) is 3.80. The van der Waals surface area contributed by atoms with Crippen LogP contribution < -0.4 is 19.7 Å². The number of methoxy groups -OCH3 is 2. The largest absolute Gasteiger partial charge is 0.497 e. The van der Waals surface area contributed by atoms with Crippen molar-refractivity contribution in [2.45, 2.75) is 44.3 Å². The number of hydrogen-bond donors (Lipinski definition) is 1. The molecule has 7 heteroatoms. The van der Waals surface area contributed by atoms with Crippen molar-refractivity contribution in [3.63, 3.8) is 0 Å². The lowest BCUT2D eigenvalue weighted by Gasteiger charge is -2.36. The second kappa shape index (κ2) is 12.3. The molecule has 1 aliphatic carbocycles. The minimum Gasteiger partial charge on any atom is -0.497 e. The molecule has 1 heterocycles. The zero-order valence-electron chi connectivity index (χ0n) is 21.1. The second-order valence-corrected chi connectivity index (χ2v) is 9.34. The van der Waals surface area contributed by atoms with Crippen LogP contribution in [0.1, 0.15) is 42.7 Å². The fourth-order valence-corrected chi connectivity index (χ4v) is 5.23. The third-order valence-electron chi connectivity index (χ3n) is 7.17. The lowest BCUT2D eigenvalue weighted by Crippen LogP contribution is -2.37. The second-order valence-electron chi connectivity index (χ2n) is 9.34. The first-order valence-corrected chi connectivity index (χ1v) is 12.6. The summed E-state index contributed by atoms with van der Waals surface area (Å²) in [5.41, 5.74) is 3.45. The van der Waals surface area contributed by atoms with Crippen LogP contribution in [0.3, 0.4) is 0 Å². The van der Waals surface area contributed by atoms with E-state index in [1.165, 1.54) is 5.56 Å². The van der Waals surface area contributed by atoms with Crippen molar-refractivity contribution >= 4 is 11.6 Å². The summed E-state index contributed by atoms with van der Waals surface area (Å²) < 4.78 is 23.0. The summed E-state index contributed by atoms with van der Waals surface area (Å²) in [7, 11) is 5.13. The first kappa shape index (κ1) is 25.3. The zero-order chi connectivity index (χ0) is 24.6. The van der Waals surface area contributed by atoms with Crippen LogP contribution in [-0.4, -0.2) is 59.6 Å². The summed E-state index contributed by atoms with van der Waals surface area (Å²) in [6.07, 6.45) is 3.50. The minimum atomic E-state index is 0.00787. The molecule has 0 bridgehead atoms. The van der Waals surface area contributed by atoms with Gasteiger partial charge < -0.3 is 29.2 Å². The van der Waals surface area contributed by atoms with E-state index in [2.05, 4.69) is 40.5 Å². The van der Waals surface area contributed by atoms with E-state index in [1.54, 1.807) is 21.3 Å². The Balaban J connectivity index is 1.47. The van der Waals surface area contributed by atoms with Crippen LogP contribution in [0.5, 0.6) is 11.5 Å². The Kier molecular flexibility index (Phi) is 8.88. The van der Waals surface area contributed by atoms with E-state index in [9.17, 15) is 4.79 Å². The van der Waals surface area contributed by atoms with E-state index in [-0.39, 0.29) is 23.8 Å². The number of fused-ring (bicyclic) bond motifs is 1. The van der Waals surface area contributed by atoms with Crippen LogP contribution in [0.15, 0.2) is 42.5 Å². The van der Waals surface area contributed by atoms with Gasteiger partial charge in [0.15, 0.2) is 0 Å². The smallest absolute Gasteiger partial charge is 0.222 e. The molecule has 4 rings (SSSR count). The normalized spacial score (nSPS) is 21.7. The van der Waals surface area contributed by atoms with E-state index in [0.29, 0.717) is 13.2 Å². The SMILES string of the molecule is CNC(=O)[C@@H]1CC[C@H](OCc2ccc3c(c2)N(CCCOC)CCO3)[C@@H](c2ccc(OC)cc2)C1. The molecule has 1 N–H and O–H groups in total. The highest BCUT2D eigenvalue weighted by Gasteiger charge is 2.35. The number of carbonyl (C=O) groups is 1. The van der Waals surface area contributed by atoms with Crippen molar-refractivity contribution in [1.29, 1.82) is 0 Å². The number of nitrogens with one attached hydrogen (secondary N) is 1.